The van der Waals surface area contributed by atoms with Crippen molar-refractivity contribution in [2.24, 2.45) is 5.92 Å². The first kappa shape index (κ1) is 15.5. The topological polar surface area (TPSA) is 94.4 Å². The van der Waals surface area contributed by atoms with Crippen LogP contribution in [-0.2, 0) is 9.53 Å². The second kappa shape index (κ2) is 6.71. The number of carbonyl (C=O) groups excluding carboxylic acids is 1. The van der Waals surface area contributed by atoms with Crippen LogP contribution in [0.25, 0.3) is 0 Å². The Labute approximate surface area is 126 Å². The Kier molecular flexibility index (Phi) is 4.95. The molecule has 0 saturated heterocycles. The molecule has 1 aromatic heterocycles. The monoisotopic (exact) mass is 313 g/mol. The Balaban J connectivity index is 2.01. The maximum atomic E-state index is 11.5. The van der Waals surface area contributed by atoms with Crippen molar-refractivity contribution in [3.63, 3.8) is 0 Å². The molecule has 0 bridgehead atoms. The molecule has 1 fully saturated rings. The summed E-state index contributed by atoms with van der Waals surface area (Å²) in [4.78, 5) is 25.9. The van der Waals surface area contributed by atoms with Gasteiger partial charge < -0.3 is 10.1 Å². The van der Waals surface area contributed by atoms with E-state index in [1.54, 1.807) is 0 Å². The molecule has 1 aliphatic rings. The number of hydrogen-bond acceptors (Lipinski definition) is 6. The number of esters is 1. The van der Waals surface area contributed by atoms with Gasteiger partial charge in [0.1, 0.15) is 0 Å². The lowest BCUT2D eigenvalue weighted by atomic mass is 9.86. The van der Waals surface area contributed by atoms with Crippen LogP contribution in [0.4, 0.5) is 11.5 Å². The second-order valence-electron chi connectivity index (χ2n) is 4.99. The van der Waals surface area contributed by atoms with Crippen LogP contribution in [-0.4, -0.2) is 29.0 Å². The van der Waals surface area contributed by atoms with Crippen molar-refractivity contribution >= 4 is 29.1 Å². The summed E-state index contributed by atoms with van der Waals surface area (Å²) in [6.07, 6.45) is 4.25. The average molecular weight is 314 g/mol. The van der Waals surface area contributed by atoms with Crippen LogP contribution < -0.4 is 5.32 Å². The van der Waals surface area contributed by atoms with Gasteiger partial charge in [-0.1, -0.05) is 11.6 Å². The quantitative estimate of drug-likeness (QED) is 0.522. The molecule has 114 valence electrons. The Bertz CT molecular complexity index is 544. The van der Waals surface area contributed by atoms with E-state index in [-0.39, 0.29) is 34.5 Å². The summed E-state index contributed by atoms with van der Waals surface area (Å²) in [5.74, 6) is -0.0591. The number of carbonyl (C=O) groups is 1. The number of ether oxygens (including phenoxy) is 1. The van der Waals surface area contributed by atoms with Gasteiger partial charge in [-0.05, 0) is 25.7 Å². The Morgan fingerprint density at radius 2 is 2.14 bits per heavy atom. The van der Waals surface area contributed by atoms with Gasteiger partial charge in [-0.3, -0.25) is 14.9 Å². The highest BCUT2D eigenvalue weighted by molar-refractivity contribution is 6.30. The number of nitrogens with one attached hydrogen (secondary N) is 1. The van der Waals surface area contributed by atoms with E-state index in [4.69, 9.17) is 16.3 Å². The fourth-order valence-corrected chi connectivity index (χ4v) is 2.66. The van der Waals surface area contributed by atoms with Crippen LogP contribution in [0.1, 0.15) is 25.7 Å². The first-order valence-electron chi connectivity index (χ1n) is 6.65. The summed E-state index contributed by atoms with van der Waals surface area (Å²) in [7, 11) is 1.38. The van der Waals surface area contributed by atoms with Gasteiger partial charge >= 0.3 is 11.7 Å². The van der Waals surface area contributed by atoms with Gasteiger partial charge in [0.15, 0.2) is 0 Å². The zero-order chi connectivity index (χ0) is 15.4. The molecular formula is C13H16ClN3O4. The fraction of sp³-hybridized carbons (Fsp3) is 0.538. The van der Waals surface area contributed by atoms with Crippen molar-refractivity contribution < 1.29 is 14.5 Å². The summed E-state index contributed by atoms with van der Waals surface area (Å²) in [5.41, 5.74) is -0.141. The molecule has 7 nitrogen and oxygen atoms in total. The van der Waals surface area contributed by atoms with E-state index in [1.165, 1.54) is 19.4 Å². The normalized spacial score (nSPS) is 21.6. The van der Waals surface area contributed by atoms with Crippen LogP contribution in [0.3, 0.4) is 0 Å². The number of aromatic nitrogens is 1. The number of nitrogens with zero attached hydrogens (tertiary/aromatic N) is 2. The molecule has 0 spiro atoms. The largest absolute Gasteiger partial charge is 0.469 e. The number of rotatable bonds is 4. The summed E-state index contributed by atoms with van der Waals surface area (Å²) in [6.45, 7) is 0. The maximum Gasteiger partial charge on any atom is 0.312 e. The van der Waals surface area contributed by atoms with Crippen molar-refractivity contribution in [2.75, 3.05) is 12.4 Å². The van der Waals surface area contributed by atoms with Crippen molar-refractivity contribution in [3.05, 3.63) is 27.4 Å². The third-order valence-electron chi connectivity index (χ3n) is 3.63. The van der Waals surface area contributed by atoms with E-state index < -0.39 is 4.92 Å². The van der Waals surface area contributed by atoms with E-state index in [1.807, 2.05) is 0 Å². The summed E-state index contributed by atoms with van der Waals surface area (Å²) >= 11 is 5.73. The molecule has 1 aliphatic carbocycles. The standard InChI is InChI=1S/C13H16ClN3O4/c1-21-13(18)8-2-4-10(5-3-8)16-12-11(17(19)20)6-9(14)7-15-12/h6-8,10H,2-5H2,1H3,(H,15,16). The van der Waals surface area contributed by atoms with Crippen molar-refractivity contribution in [1.82, 2.24) is 4.98 Å². The zero-order valence-electron chi connectivity index (χ0n) is 11.5. The molecule has 2 rings (SSSR count). The van der Waals surface area contributed by atoms with Crippen LogP contribution >= 0.6 is 11.6 Å². The lowest BCUT2D eigenvalue weighted by Crippen LogP contribution is -2.30. The third kappa shape index (κ3) is 3.81. The number of methoxy groups -OCH3 is 1. The van der Waals surface area contributed by atoms with Gasteiger partial charge in [0, 0.05) is 18.3 Å². The minimum Gasteiger partial charge on any atom is -0.469 e. The van der Waals surface area contributed by atoms with Crippen molar-refractivity contribution in [3.8, 4) is 0 Å². The van der Waals surface area contributed by atoms with Gasteiger partial charge in [-0.15, -0.1) is 0 Å². The van der Waals surface area contributed by atoms with E-state index in [2.05, 4.69) is 10.3 Å². The van der Waals surface area contributed by atoms with Gasteiger partial charge in [0.05, 0.1) is 23.0 Å². The molecule has 8 heteroatoms. The number of anilines is 1. The molecule has 0 unspecified atom stereocenters. The lowest BCUT2D eigenvalue weighted by molar-refractivity contribution is -0.384. The molecule has 1 N–H and O–H groups in total. The average Bonchev–Trinajstić information content (AvgIpc) is 2.49. The van der Waals surface area contributed by atoms with E-state index in [0.29, 0.717) is 12.8 Å². The molecule has 0 aromatic carbocycles. The molecule has 0 amide bonds. The van der Waals surface area contributed by atoms with Crippen LogP contribution in [0.2, 0.25) is 5.02 Å². The Morgan fingerprint density at radius 3 is 2.71 bits per heavy atom. The minimum atomic E-state index is -0.513. The molecular weight excluding hydrogens is 298 g/mol. The number of nitro groups is 1. The highest BCUT2D eigenvalue weighted by Gasteiger charge is 2.28. The molecule has 1 heterocycles. The van der Waals surface area contributed by atoms with Crippen LogP contribution in [0.5, 0.6) is 0 Å². The lowest BCUT2D eigenvalue weighted by Gasteiger charge is -2.27. The predicted octanol–water partition coefficient (Wildman–Crippen LogP) is 2.79. The fourth-order valence-electron chi connectivity index (χ4n) is 2.51. The van der Waals surface area contributed by atoms with Crippen molar-refractivity contribution in [1.29, 1.82) is 0 Å². The van der Waals surface area contributed by atoms with Crippen molar-refractivity contribution in [2.45, 2.75) is 31.7 Å². The van der Waals surface area contributed by atoms with Gasteiger partial charge in [-0.25, -0.2) is 4.98 Å². The zero-order valence-corrected chi connectivity index (χ0v) is 12.3. The van der Waals surface area contributed by atoms with E-state index >= 15 is 0 Å². The molecule has 0 atom stereocenters. The third-order valence-corrected chi connectivity index (χ3v) is 3.84. The smallest absolute Gasteiger partial charge is 0.312 e. The molecule has 0 radical (unpaired) electrons. The van der Waals surface area contributed by atoms with Crippen LogP contribution in [0.15, 0.2) is 12.3 Å². The predicted molar refractivity (Wildman–Crippen MR) is 77.3 cm³/mol. The van der Waals surface area contributed by atoms with Gasteiger partial charge in [0.25, 0.3) is 0 Å². The Morgan fingerprint density at radius 1 is 1.48 bits per heavy atom. The Hall–Kier alpha value is -1.89. The van der Waals surface area contributed by atoms with Gasteiger partial charge in [0.2, 0.25) is 5.82 Å². The number of halogens is 1. The number of hydrogen-bond donors (Lipinski definition) is 1. The van der Waals surface area contributed by atoms with Gasteiger partial charge in [-0.2, -0.15) is 0 Å². The summed E-state index contributed by atoms with van der Waals surface area (Å²) < 4.78 is 4.73. The minimum absolute atomic E-state index is 0.0540. The molecule has 1 aromatic rings. The molecule has 21 heavy (non-hydrogen) atoms. The van der Waals surface area contributed by atoms with Crippen LogP contribution in [0, 0.1) is 16.0 Å². The second-order valence-corrected chi connectivity index (χ2v) is 5.43. The molecule has 1 saturated carbocycles. The number of pyridine rings is 1. The van der Waals surface area contributed by atoms with E-state index in [9.17, 15) is 14.9 Å². The first-order chi connectivity index (χ1) is 10.0. The SMILES string of the molecule is COC(=O)C1CCC(Nc2ncc(Cl)cc2[N+](=O)[O-])CC1. The summed E-state index contributed by atoms with van der Waals surface area (Å²) in [6, 6.07) is 1.33. The summed E-state index contributed by atoms with van der Waals surface area (Å²) in [5, 5.41) is 14.3. The van der Waals surface area contributed by atoms with E-state index in [0.717, 1.165) is 12.8 Å². The molecule has 0 aliphatic heterocycles. The highest BCUT2D eigenvalue weighted by Crippen LogP contribution is 2.30. The highest BCUT2D eigenvalue weighted by atomic mass is 35.5. The maximum absolute atomic E-state index is 11.5. The first-order valence-corrected chi connectivity index (χ1v) is 7.03.